The number of thiazole rings is 1. The fourth-order valence-corrected chi connectivity index (χ4v) is 3.46. The van der Waals surface area contributed by atoms with Crippen molar-refractivity contribution in [1.29, 1.82) is 0 Å². The Morgan fingerprint density at radius 2 is 2.14 bits per heavy atom. The van der Waals surface area contributed by atoms with E-state index in [2.05, 4.69) is 4.98 Å². The number of rotatable bonds is 6. The minimum absolute atomic E-state index is 0.0580. The van der Waals surface area contributed by atoms with Crippen LogP contribution in [0.1, 0.15) is 35.6 Å². The summed E-state index contributed by atoms with van der Waals surface area (Å²) in [6.45, 7) is 8.13. The van der Waals surface area contributed by atoms with E-state index in [4.69, 9.17) is 0 Å². The molecule has 120 valence electrons. The summed E-state index contributed by atoms with van der Waals surface area (Å²) in [5.41, 5.74) is 1.82. The van der Waals surface area contributed by atoms with Gasteiger partial charge >= 0.3 is 0 Å². The van der Waals surface area contributed by atoms with E-state index in [-0.39, 0.29) is 12.3 Å². The summed E-state index contributed by atoms with van der Waals surface area (Å²) in [6, 6.07) is 1.91. The summed E-state index contributed by atoms with van der Waals surface area (Å²) in [5, 5.41) is 12.6. The van der Waals surface area contributed by atoms with Crippen LogP contribution in [0, 0.1) is 13.8 Å². The zero-order chi connectivity index (χ0) is 16.5. The van der Waals surface area contributed by atoms with Gasteiger partial charge in [0.1, 0.15) is 0 Å². The van der Waals surface area contributed by atoms with Gasteiger partial charge in [0.15, 0.2) is 10.9 Å². The molecule has 0 aliphatic heterocycles. The molecule has 0 unspecified atom stereocenters. The highest BCUT2D eigenvalue weighted by Crippen LogP contribution is 2.22. The number of hydrogen-bond acceptors (Lipinski definition) is 5. The Labute approximate surface area is 135 Å². The van der Waals surface area contributed by atoms with E-state index in [1.807, 2.05) is 41.8 Å². The number of carbonyl (C=O) groups excluding carboxylic acids is 1. The summed E-state index contributed by atoms with van der Waals surface area (Å²) < 4.78 is 2.01. The zero-order valence-corrected chi connectivity index (χ0v) is 14.6. The lowest BCUT2D eigenvalue weighted by Crippen LogP contribution is -2.38. The van der Waals surface area contributed by atoms with Crippen LogP contribution in [-0.2, 0) is 0 Å². The first-order chi connectivity index (χ1) is 10.2. The zero-order valence-electron chi connectivity index (χ0n) is 13.8. The number of carbonyl (C=O) groups is 1. The van der Waals surface area contributed by atoms with Crippen LogP contribution in [-0.4, -0.2) is 51.1 Å². The molecule has 1 N–H and O–H groups in total. The summed E-state index contributed by atoms with van der Waals surface area (Å²) in [5.74, 6) is 0.0580. The van der Waals surface area contributed by atoms with Crippen LogP contribution >= 0.6 is 11.3 Å². The average Bonchev–Trinajstić information content (AvgIpc) is 2.94. The Balaban J connectivity index is 2.20. The molecule has 2 aromatic rings. The van der Waals surface area contributed by atoms with E-state index < -0.39 is 5.60 Å². The van der Waals surface area contributed by atoms with Gasteiger partial charge in [-0.15, -0.1) is 11.3 Å². The molecule has 0 aromatic carbocycles. The van der Waals surface area contributed by atoms with Crippen LogP contribution < -0.4 is 0 Å². The molecule has 2 heterocycles. The van der Waals surface area contributed by atoms with Crippen molar-refractivity contribution in [3.8, 4) is 5.13 Å². The first kappa shape index (κ1) is 16.9. The summed E-state index contributed by atoms with van der Waals surface area (Å²) in [6.07, 6.45) is 1.76. The van der Waals surface area contributed by atoms with Crippen LogP contribution in [0.4, 0.5) is 0 Å². The van der Waals surface area contributed by atoms with Crippen molar-refractivity contribution in [3.63, 3.8) is 0 Å². The SMILES string of the molecule is Cc1cc(C(=O)CN(C)CC(C)(C)O)c(C)n1-c1nccs1. The highest BCUT2D eigenvalue weighted by molar-refractivity contribution is 7.12. The van der Waals surface area contributed by atoms with Gasteiger partial charge in [0, 0.05) is 35.1 Å². The van der Waals surface area contributed by atoms with E-state index in [0.29, 0.717) is 6.54 Å². The van der Waals surface area contributed by atoms with Gasteiger partial charge in [0.05, 0.1) is 12.1 Å². The third kappa shape index (κ3) is 3.82. The van der Waals surface area contributed by atoms with Crippen LogP contribution in [0.25, 0.3) is 5.13 Å². The van der Waals surface area contributed by atoms with Gasteiger partial charge in [-0.05, 0) is 40.8 Å². The van der Waals surface area contributed by atoms with Crippen LogP contribution in [0.15, 0.2) is 17.6 Å². The standard InChI is InChI=1S/C16H23N3O2S/c1-11-8-13(12(2)19(11)15-17-6-7-22-15)14(20)9-18(5)10-16(3,4)21/h6-8,21H,9-10H2,1-5H3. The van der Waals surface area contributed by atoms with Gasteiger partial charge in [-0.25, -0.2) is 4.98 Å². The highest BCUT2D eigenvalue weighted by atomic mass is 32.1. The topological polar surface area (TPSA) is 58.4 Å². The maximum Gasteiger partial charge on any atom is 0.193 e. The van der Waals surface area contributed by atoms with E-state index in [0.717, 1.165) is 22.1 Å². The fraction of sp³-hybridized carbons (Fsp3) is 0.500. The lowest BCUT2D eigenvalue weighted by molar-refractivity contribution is 0.0439. The number of Topliss-reactive ketones (excluding diaryl/α,β-unsaturated/α-hetero) is 1. The second kappa shape index (κ2) is 6.32. The van der Waals surface area contributed by atoms with E-state index >= 15 is 0 Å². The molecular formula is C16H23N3O2S. The number of aliphatic hydroxyl groups is 1. The van der Waals surface area contributed by atoms with Crippen molar-refractivity contribution in [1.82, 2.24) is 14.5 Å². The van der Waals surface area contributed by atoms with Gasteiger partial charge in [0.2, 0.25) is 0 Å². The molecule has 0 aliphatic rings. The predicted molar refractivity (Wildman–Crippen MR) is 89.0 cm³/mol. The van der Waals surface area contributed by atoms with Crippen molar-refractivity contribution in [3.05, 3.63) is 34.6 Å². The molecule has 0 spiro atoms. The van der Waals surface area contributed by atoms with Gasteiger partial charge in [-0.1, -0.05) is 0 Å². The van der Waals surface area contributed by atoms with Crippen LogP contribution in [0.2, 0.25) is 0 Å². The molecule has 2 rings (SSSR count). The molecule has 5 nitrogen and oxygen atoms in total. The monoisotopic (exact) mass is 321 g/mol. The number of ketones is 1. The first-order valence-electron chi connectivity index (χ1n) is 7.22. The third-order valence-electron chi connectivity index (χ3n) is 3.41. The van der Waals surface area contributed by atoms with Gasteiger partial charge in [-0.2, -0.15) is 0 Å². The first-order valence-corrected chi connectivity index (χ1v) is 8.10. The molecular weight excluding hydrogens is 298 g/mol. The Kier molecular flexibility index (Phi) is 4.84. The van der Waals surface area contributed by atoms with Gasteiger partial charge in [0.25, 0.3) is 0 Å². The number of aromatic nitrogens is 2. The van der Waals surface area contributed by atoms with Crippen molar-refractivity contribution in [2.45, 2.75) is 33.3 Å². The van der Waals surface area contributed by atoms with Gasteiger partial charge < -0.3 is 5.11 Å². The Morgan fingerprint density at radius 1 is 1.45 bits per heavy atom. The molecule has 2 aromatic heterocycles. The van der Waals surface area contributed by atoms with Crippen molar-refractivity contribution in [2.24, 2.45) is 0 Å². The molecule has 22 heavy (non-hydrogen) atoms. The maximum atomic E-state index is 12.5. The van der Waals surface area contributed by atoms with Crippen molar-refractivity contribution >= 4 is 17.1 Å². The maximum absolute atomic E-state index is 12.5. The number of likely N-dealkylation sites (N-methyl/N-ethyl adjacent to an activating group) is 1. The molecule has 0 bridgehead atoms. The van der Waals surface area contributed by atoms with Crippen molar-refractivity contribution < 1.29 is 9.90 Å². The van der Waals surface area contributed by atoms with Crippen LogP contribution in [0.3, 0.4) is 0 Å². The molecule has 6 heteroatoms. The fourth-order valence-electron chi connectivity index (χ4n) is 2.71. The number of aryl methyl sites for hydroxylation is 1. The minimum Gasteiger partial charge on any atom is -0.389 e. The predicted octanol–water partition coefficient (Wildman–Crippen LogP) is 2.44. The summed E-state index contributed by atoms with van der Waals surface area (Å²) in [4.78, 5) is 18.7. The molecule has 0 aliphatic carbocycles. The molecule has 0 radical (unpaired) electrons. The second-order valence-corrected chi connectivity index (χ2v) is 7.22. The molecule has 0 saturated heterocycles. The molecule has 0 saturated carbocycles. The molecule has 0 fully saturated rings. The quantitative estimate of drug-likeness (QED) is 0.830. The molecule has 0 amide bonds. The number of hydrogen-bond donors (Lipinski definition) is 1. The van der Waals surface area contributed by atoms with Gasteiger partial charge in [-0.3, -0.25) is 14.3 Å². The Hall–Kier alpha value is -1.50. The Morgan fingerprint density at radius 3 is 2.68 bits per heavy atom. The van der Waals surface area contributed by atoms with Crippen molar-refractivity contribution in [2.75, 3.05) is 20.1 Å². The van der Waals surface area contributed by atoms with E-state index in [1.54, 1.807) is 31.4 Å². The van der Waals surface area contributed by atoms with E-state index in [9.17, 15) is 9.90 Å². The van der Waals surface area contributed by atoms with Crippen LogP contribution in [0.5, 0.6) is 0 Å². The van der Waals surface area contributed by atoms with E-state index in [1.165, 1.54) is 0 Å². The average molecular weight is 321 g/mol. The largest absolute Gasteiger partial charge is 0.389 e. The Bertz CT molecular complexity index is 654. The summed E-state index contributed by atoms with van der Waals surface area (Å²) in [7, 11) is 1.84. The lowest BCUT2D eigenvalue weighted by atomic mass is 10.1. The smallest absolute Gasteiger partial charge is 0.193 e. The summed E-state index contributed by atoms with van der Waals surface area (Å²) >= 11 is 1.55. The highest BCUT2D eigenvalue weighted by Gasteiger charge is 2.21. The molecule has 0 atom stereocenters. The second-order valence-electron chi connectivity index (χ2n) is 6.34. The lowest BCUT2D eigenvalue weighted by Gasteiger charge is -2.24. The third-order valence-corrected chi connectivity index (χ3v) is 4.17. The number of nitrogens with zero attached hydrogens (tertiary/aromatic N) is 3. The normalized spacial score (nSPS) is 12.1. The minimum atomic E-state index is -0.813.